The highest BCUT2D eigenvalue weighted by atomic mass is 35.5. The van der Waals surface area contributed by atoms with E-state index >= 15 is 0 Å². The van der Waals surface area contributed by atoms with Gasteiger partial charge in [0.2, 0.25) is 21.8 Å². The summed E-state index contributed by atoms with van der Waals surface area (Å²) < 4.78 is 62.7. The van der Waals surface area contributed by atoms with Crippen LogP contribution in [-0.2, 0) is 20.0 Å². The number of aromatic nitrogens is 6. The summed E-state index contributed by atoms with van der Waals surface area (Å²) in [5.74, 6) is 5.16. The molecular formula is C48H52Cl2N8O9S2. The number of nitrogens with one attached hydrogen (secondary N) is 1. The summed E-state index contributed by atoms with van der Waals surface area (Å²) in [6.45, 7) is 1.32. The van der Waals surface area contributed by atoms with E-state index in [-0.39, 0.29) is 31.2 Å². The molecule has 1 amide bonds. The van der Waals surface area contributed by atoms with Gasteiger partial charge in [0.15, 0.2) is 11.6 Å². The fraction of sp³-hybridized carbons (Fsp3) is 0.375. The Morgan fingerprint density at radius 3 is 1.39 bits per heavy atom. The number of carbonyl (C=O) groups is 2. The van der Waals surface area contributed by atoms with E-state index in [9.17, 15) is 26.4 Å². The van der Waals surface area contributed by atoms with Crippen molar-refractivity contribution >= 4 is 55.1 Å². The summed E-state index contributed by atoms with van der Waals surface area (Å²) >= 11 is 12.1. The van der Waals surface area contributed by atoms with Crippen LogP contribution in [0.3, 0.4) is 0 Å². The molecule has 4 fully saturated rings. The molecule has 4 saturated carbocycles. The molecule has 10 rings (SSSR count). The summed E-state index contributed by atoms with van der Waals surface area (Å²) in [5, 5.41) is 22.4. The minimum Gasteiger partial charge on any atom is -0.478 e. The summed E-state index contributed by atoms with van der Waals surface area (Å²) in [4.78, 5) is 31.9. The lowest BCUT2D eigenvalue weighted by molar-refractivity contribution is 0.0696. The number of carboxylic acid groups (broad SMARTS) is 1. The zero-order chi connectivity index (χ0) is 48.7. The molecule has 2 aromatic carbocycles. The molecule has 0 bridgehead atoms. The van der Waals surface area contributed by atoms with Crippen LogP contribution in [-0.4, -0.2) is 76.6 Å². The SMILES string of the molecule is NS(=O)(=O)c1ccccc1.O=C(NS(=O)(=O)c1ccccc1)c1ccc(-n2ccc(OCCC(C3CC3)C3CC3)n2)nc1Cl.O=C(O)c1ccc(-n2ccc(OCCC(C3CC3)C3CC3)n2)nc1Cl. The molecule has 4 heterocycles. The highest BCUT2D eigenvalue weighted by Gasteiger charge is 2.42. The molecule has 0 radical (unpaired) electrons. The molecule has 0 atom stereocenters. The molecule has 4 N–H and O–H groups in total. The third-order valence-corrected chi connectivity index (χ3v) is 15.3. The molecule has 6 aromatic rings. The number of ether oxygens (including phenoxy) is 2. The van der Waals surface area contributed by atoms with Crippen molar-refractivity contribution in [3.05, 3.63) is 131 Å². The van der Waals surface area contributed by atoms with Crippen LogP contribution in [0.15, 0.2) is 119 Å². The standard InChI is InChI=1S/C24H25ClN4O4S.C18H20ClN3O3.C6H7NO2S/c25-23-20(24(30)28-34(31,32)18-4-2-1-3-5-18)10-11-21(26-23)29-14-12-22(27-29)33-15-13-19(16-6-7-16)17-8-9-17;19-17-14(18(23)24)5-6-15(20-17)22-9-7-16(21-22)25-10-8-13(11-1-2-11)12-3-4-12;7-10(8,9)6-4-2-1-3-5-6/h1-5,10-12,14,16-17,19H,6-9,13,15H2,(H,28,30);5-7,9,11-13H,1-4,8,10H2,(H,23,24);1-5H,(H2,7,8,9). The first kappa shape index (κ1) is 49.6. The van der Waals surface area contributed by atoms with E-state index < -0.39 is 31.9 Å². The maximum absolute atomic E-state index is 12.5. The van der Waals surface area contributed by atoms with Gasteiger partial charge in [-0.15, -0.1) is 10.2 Å². The molecule has 0 aliphatic heterocycles. The van der Waals surface area contributed by atoms with Gasteiger partial charge in [-0.3, -0.25) is 4.79 Å². The van der Waals surface area contributed by atoms with E-state index in [0.29, 0.717) is 36.6 Å². The Morgan fingerprint density at radius 2 is 1.03 bits per heavy atom. The molecule has 17 nitrogen and oxygen atoms in total. The number of primary sulfonamides is 1. The average Bonchev–Trinajstić information content (AvgIpc) is 4.10. The summed E-state index contributed by atoms with van der Waals surface area (Å²) in [6, 6.07) is 25.0. The third-order valence-electron chi connectivity index (χ3n) is 12.4. The van der Waals surface area contributed by atoms with Crippen molar-refractivity contribution in [3.63, 3.8) is 0 Å². The number of carbonyl (C=O) groups excluding carboxylic acids is 1. The van der Waals surface area contributed by atoms with Crippen LogP contribution in [0.25, 0.3) is 11.6 Å². The molecule has 69 heavy (non-hydrogen) atoms. The number of benzene rings is 2. The Morgan fingerprint density at radius 1 is 0.623 bits per heavy atom. The number of hydrogen-bond acceptors (Lipinski definition) is 12. The predicted octanol–water partition coefficient (Wildman–Crippen LogP) is 8.40. The normalized spacial score (nSPS) is 15.7. The predicted molar refractivity (Wildman–Crippen MR) is 257 cm³/mol. The summed E-state index contributed by atoms with van der Waals surface area (Å²) in [7, 11) is -7.52. The van der Waals surface area contributed by atoms with E-state index in [1.165, 1.54) is 97.1 Å². The van der Waals surface area contributed by atoms with Crippen LogP contribution in [0, 0.1) is 35.5 Å². The Hall–Kier alpha value is -5.86. The lowest BCUT2D eigenvalue weighted by atomic mass is 9.95. The van der Waals surface area contributed by atoms with Crippen LogP contribution in [0.5, 0.6) is 11.8 Å². The minimum absolute atomic E-state index is 0.0197. The second-order valence-electron chi connectivity index (χ2n) is 17.6. The highest BCUT2D eigenvalue weighted by Crippen LogP contribution is 2.51. The minimum atomic E-state index is -4.02. The van der Waals surface area contributed by atoms with Gasteiger partial charge in [0.05, 0.1) is 34.1 Å². The first-order valence-electron chi connectivity index (χ1n) is 22.8. The highest BCUT2D eigenvalue weighted by molar-refractivity contribution is 7.90. The maximum Gasteiger partial charge on any atom is 0.338 e. The molecular weight excluding hydrogens is 968 g/mol. The molecule has 4 aliphatic rings. The number of hydrogen-bond donors (Lipinski definition) is 3. The van der Waals surface area contributed by atoms with Crippen molar-refractivity contribution in [2.24, 2.45) is 40.6 Å². The average molecular weight is 1020 g/mol. The van der Waals surface area contributed by atoms with E-state index in [0.717, 1.165) is 48.3 Å². The number of amides is 1. The van der Waals surface area contributed by atoms with Crippen LogP contribution >= 0.6 is 23.2 Å². The molecule has 21 heteroatoms. The zero-order valence-corrected chi connectivity index (χ0v) is 40.5. The molecule has 4 aliphatic carbocycles. The first-order chi connectivity index (χ1) is 33.1. The monoisotopic (exact) mass is 1020 g/mol. The first-order valence-corrected chi connectivity index (χ1v) is 26.6. The van der Waals surface area contributed by atoms with E-state index in [1.54, 1.807) is 73.1 Å². The van der Waals surface area contributed by atoms with Gasteiger partial charge in [0.25, 0.3) is 15.9 Å². The van der Waals surface area contributed by atoms with Crippen molar-refractivity contribution in [1.82, 2.24) is 34.3 Å². The van der Waals surface area contributed by atoms with Crippen LogP contribution in [0.1, 0.15) is 84.9 Å². The number of aromatic carboxylic acids is 1. The Kier molecular flexibility index (Phi) is 15.7. The van der Waals surface area contributed by atoms with Gasteiger partial charge in [-0.2, -0.15) is 0 Å². The number of nitrogens with zero attached hydrogens (tertiary/aromatic N) is 6. The topological polar surface area (TPSA) is 241 Å². The number of carboxylic acids is 1. The number of sulfonamides is 2. The van der Waals surface area contributed by atoms with Gasteiger partial charge in [-0.05, 0) is 148 Å². The van der Waals surface area contributed by atoms with Crippen molar-refractivity contribution in [2.45, 2.75) is 74.0 Å². The Balaban J connectivity index is 0.000000160. The molecule has 0 saturated heterocycles. The zero-order valence-electron chi connectivity index (χ0n) is 37.4. The molecule has 0 unspecified atom stereocenters. The second kappa shape index (κ2) is 21.8. The summed E-state index contributed by atoms with van der Waals surface area (Å²) in [6.07, 6.45) is 16.5. The van der Waals surface area contributed by atoms with Gasteiger partial charge >= 0.3 is 5.97 Å². The van der Waals surface area contributed by atoms with Crippen LogP contribution < -0.4 is 19.3 Å². The fourth-order valence-corrected chi connectivity index (χ4v) is 10.3. The van der Waals surface area contributed by atoms with E-state index in [1.807, 2.05) is 4.72 Å². The van der Waals surface area contributed by atoms with Gasteiger partial charge in [0.1, 0.15) is 10.3 Å². The van der Waals surface area contributed by atoms with E-state index in [4.69, 9.17) is 42.9 Å². The quantitative estimate of drug-likeness (QED) is 0.0647. The smallest absolute Gasteiger partial charge is 0.338 e. The van der Waals surface area contributed by atoms with Gasteiger partial charge in [-0.1, -0.05) is 59.6 Å². The number of pyridine rings is 2. The molecule has 4 aromatic heterocycles. The van der Waals surface area contributed by atoms with Crippen molar-refractivity contribution < 1.29 is 41.0 Å². The third kappa shape index (κ3) is 13.9. The Labute approximate surface area is 410 Å². The van der Waals surface area contributed by atoms with Gasteiger partial charge < -0.3 is 14.6 Å². The second-order valence-corrected chi connectivity index (χ2v) is 21.5. The lowest BCUT2D eigenvalue weighted by Crippen LogP contribution is -2.31. The van der Waals surface area contributed by atoms with Gasteiger partial charge in [0, 0.05) is 24.5 Å². The fourth-order valence-electron chi connectivity index (χ4n) is 8.31. The van der Waals surface area contributed by atoms with E-state index in [2.05, 4.69) is 20.2 Å². The number of nitrogens with two attached hydrogens (primary N) is 1. The van der Waals surface area contributed by atoms with Crippen LogP contribution in [0.2, 0.25) is 10.3 Å². The van der Waals surface area contributed by atoms with Crippen molar-refractivity contribution in [3.8, 4) is 23.4 Å². The van der Waals surface area contributed by atoms with Crippen molar-refractivity contribution in [2.75, 3.05) is 13.2 Å². The Bertz CT molecular complexity index is 2940. The number of rotatable bonds is 19. The molecule has 0 spiro atoms. The number of halogens is 2. The summed E-state index contributed by atoms with van der Waals surface area (Å²) in [5.41, 5.74) is -0.0833. The maximum atomic E-state index is 12.5. The lowest BCUT2D eigenvalue weighted by Gasteiger charge is -2.14. The van der Waals surface area contributed by atoms with Crippen LogP contribution in [0.4, 0.5) is 0 Å². The van der Waals surface area contributed by atoms with Crippen molar-refractivity contribution in [1.29, 1.82) is 0 Å². The van der Waals surface area contributed by atoms with Gasteiger partial charge in [-0.25, -0.2) is 50.8 Å². The molecule has 364 valence electrons. The largest absolute Gasteiger partial charge is 0.478 e.